The standard InChI is InChI=1S/C11H15BrN2O/c1-8-4-10(12)6-14-11(8)13-5-9-2-3-15-7-9/h4,6,9H,2-3,5,7H2,1H3,(H,13,14). The molecule has 1 aromatic rings. The van der Waals surface area contributed by atoms with Crippen molar-refractivity contribution in [1.29, 1.82) is 0 Å². The molecule has 3 nitrogen and oxygen atoms in total. The average Bonchev–Trinajstić information content (AvgIpc) is 2.69. The lowest BCUT2D eigenvalue weighted by molar-refractivity contribution is 0.187. The quantitative estimate of drug-likeness (QED) is 0.917. The maximum Gasteiger partial charge on any atom is 0.128 e. The first kappa shape index (κ1) is 10.9. The second-order valence-corrected chi connectivity index (χ2v) is 4.85. The molecule has 1 saturated heterocycles. The highest BCUT2D eigenvalue weighted by Gasteiger charge is 2.15. The number of nitrogens with zero attached hydrogens (tertiary/aromatic N) is 1. The van der Waals surface area contributed by atoms with E-state index in [1.165, 1.54) is 5.56 Å². The van der Waals surface area contributed by atoms with Gasteiger partial charge in [-0.1, -0.05) is 0 Å². The first-order valence-electron chi connectivity index (χ1n) is 5.19. The van der Waals surface area contributed by atoms with Gasteiger partial charge in [0.2, 0.25) is 0 Å². The molecule has 1 atom stereocenters. The summed E-state index contributed by atoms with van der Waals surface area (Å²) >= 11 is 3.40. The van der Waals surface area contributed by atoms with Gasteiger partial charge in [0.25, 0.3) is 0 Å². The fourth-order valence-corrected chi connectivity index (χ4v) is 2.16. The van der Waals surface area contributed by atoms with Gasteiger partial charge in [0, 0.05) is 29.7 Å². The molecule has 0 radical (unpaired) electrons. The molecule has 0 aliphatic carbocycles. The lowest BCUT2D eigenvalue weighted by Gasteiger charge is -2.11. The number of hydrogen-bond donors (Lipinski definition) is 1. The Labute approximate surface area is 98.4 Å². The van der Waals surface area contributed by atoms with E-state index in [2.05, 4.69) is 39.2 Å². The second-order valence-electron chi connectivity index (χ2n) is 3.93. The number of pyridine rings is 1. The number of nitrogens with one attached hydrogen (secondary N) is 1. The van der Waals surface area contributed by atoms with Crippen LogP contribution < -0.4 is 5.32 Å². The summed E-state index contributed by atoms with van der Waals surface area (Å²) in [6.45, 7) is 4.79. The number of rotatable bonds is 3. The Morgan fingerprint density at radius 3 is 3.20 bits per heavy atom. The van der Waals surface area contributed by atoms with E-state index >= 15 is 0 Å². The average molecular weight is 271 g/mol. The van der Waals surface area contributed by atoms with E-state index in [0.29, 0.717) is 5.92 Å². The highest BCUT2D eigenvalue weighted by molar-refractivity contribution is 9.10. The Morgan fingerprint density at radius 2 is 2.53 bits per heavy atom. The molecule has 1 aliphatic heterocycles. The van der Waals surface area contributed by atoms with Crippen molar-refractivity contribution in [2.75, 3.05) is 25.1 Å². The van der Waals surface area contributed by atoms with Crippen molar-refractivity contribution < 1.29 is 4.74 Å². The van der Waals surface area contributed by atoms with Crippen LogP contribution in [0.5, 0.6) is 0 Å². The second kappa shape index (κ2) is 4.94. The van der Waals surface area contributed by atoms with Gasteiger partial charge in [0.05, 0.1) is 6.61 Å². The van der Waals surface area contributed by atoms with Gasteiger partial charge in [-0.15, -0.1) is 0 Å². The molecule has 1 aliphatic rings. The van der Waals surface area contributed by atoms with E-state index in [4.69, 9.17) is 4.74 Å². The van der Waals surface area contributed by atoms with Gasteiger partial charge in [-0.05, 0) is 40.9 Å². The molecule has 0 amide bonds. The van der Waals surface area contributed by atoms with Gasteiger partial charge in [-0.25, -0.2) is 4.98 Å². The molecular formula is C11H15BrN2O. The molecule has 82 valence electrons. The van der Waals surface area contributed by atoms with Crippen molar-refractivity contribution in [2.45, 2.75) is 13.3 Å². The van der Waals surface area contributed by atoms with Crippen molar-refractivity contribution in [2.24, 2.45) is 5.92 Å². The Kier molecular flexibility index (Phi) is 3.59. The summed E-state index contributed by atoms with van der Waals surface area (Å²) in [5.41, 5.74) is 1.17. The number of ether oxygens (including phenoxy) is 1. The maximum atomic E-state index is 5.33. The Balaban J connectivity index is 1.92. The van der Waals surface area contributed by atoms with Crippen LogP contribution in [-0.4, -0.2) is 24.7 Å². The zero-order chi connectivity index (χ0) is 10.7. The Morgan fingerprint density at radius 1 is 1.67 bits per heavy atom. The predicted molar refractivity (Wildman–Crippen MR) is 64.1 cm³/mol. The zero-order valence-corrected chi connectivity index (χ0v) is 10.4. The van der Waals surface area contributed by atoms with E-state index in [9.17, 15) is 0 Å². The van der Waals surface area contributed by atoms with E-state index in [0.717, 1.165) is 36.5 Å². The summed E-state index contributed by atoms with van der Waals surface area (Å²) < 4.78 is 6.35. The van der Waals surface area contributed by atoms with E-state index in [1.807, 2.05) is 6.20 Å². The largest absolute Gasteiger partial charge is 0.381 e. The van der Waals surface area contributed by atoms with Crippen molar-refractivity contribution in [3.63, 3.8) is 0 Å². The molecule has 15 heavy (non-hydrogen) atoms. The summed E-state index contributed by atoms with van der Waals surface area (Å²) in [4.78, 5) is 4.34. The minimum absolute atomic E-state index is 0.634. The zero-order valence-electron chi connectivity index (χ0n) is 8.79. The summed E-state index contributed by atoms with van der Waals surface area (Å²) in [7, 11) is 0. The number of anilines is 1. The summed E-state index contributed by atoms with van der Waals surface area (Å²) in [5.74, 6) is 1.61. The molecule has 1 aromatic heterocycles. The molecule has 0 aromatic carbocycles. The Bertz CT molecular complexity index is 337. The lowest BCUT2D eigenvalue weighted by Crippen LogP contribution is -2.15. The highest BCUT2D eigenvalue weighted by Crippen LogP contribution is 2.18. The van der Waals surface area contributed by atoms with Gasteiger partial charge in [0.1, 0.15) is 5.82 Å². The summed E-state index contributed by atoms with van der Waals surface area (Å²) in [5, 5.41) is 3.37. The van der Waals surface area contributed by atoms with Crippen LogP contribution in [0.25, 0.3) is 0 Å². The van der Waals surface area contributed by atoms with Crippen LogP contribution in [0.15, 0.2) is 16.7 Å². The van der Waals surface area contributed by atoms with Crippen LogP contribution in [-0.2, 0) is 4.74 Å². The van der Waals surface area contributed by atoms with Crippen molar-refractivity contribution in [1.82, 2.24) is 4.98 Å². The van der Waals surface area contributed by atoms with Crippen molar-refractivity contribution >= 4 is 21.7 Å². The molecule has 0 spiro atoms. The molecule has 4 heteroatoms. The van der Waals surface area contributed by atoms with E-state index in [1.54, 1.807) is 0 Å². The third-order valence-corrected chi connectivity index (χ3v) is 3.06. The SMILES string of the molecule is Cc1cc(Br)cnc1NCC1CCOC1. The normalized spacial score (nSPS) is 20.5. The van der Waals surface area contributed by atoms with Gasteiger partial charge < -0.3 is 10.1 Å². The number of hydrogen-bond acceptors (Lipinski definition) is 3. The van der Waals surface area contributed by atoms with Crippen LogP contribution in [0, 0.1) is 12.8 Å². The number of aryl methyl sites for hydroxylation is 1. The van der Waals surface area contributed by atoms with E-state index < -0.39 is 0 Å². The molecule has 1 fully saturated rings. The van der Waals surface area contributed by atoms with E-state index in [-0.39, 0.29) is 0 Å². The van der Waals surface area contributed by atoms with Gasteiger partial charge in [0.15, 0.2) is 0 Å². The van der Waals surface area contributed by atoms with Gasteiger partial charge in [-0.3, -0.25) is 0 Å². The van der Waals surface area contributed by atoms with Crippen molar-refractivity contribution in [3.05, 3.63) is 22.3 Å². The molecule has 2 rings (SSSR count). The van der Waals surface area contributed by atoms with Crippen molar-refractivity contribution in [3.8, 4) is 0 Å². The smallest absolute Gasteiger partial charge is 0.128 e. The minimum atomic E-state index is 0.634. The first-order valence-corrected chi connectivity index (χ1v) is 5.99. The highest BCUT2D eigenvalue weighted by atomic mass is 79.9. The first-order chi connectivity index (χ1) is 7.25. The van der Waals surface area contributed by atoms with Crippen LogP contribution in [0.3, 0.4) is 0 Å². The maximum absolute atomic E-state index is 5.33. The molecule has 0 bridgehead atoms. The summed E-state index contributed by atoms with van der Waals surface area (Å²) in [6.07, 6.45) is 2.98. The molecular weight excluding hydrogens is 256 g/mol. The third-order valence-electron chi connectivity index (χ3n) is 2.63. The van der Waals surface area contributed by atoms with Crippen LogP contribution in [0.2, 0.25) is 0 Å². The summed E-state index contributed by atoms with van der Waals surface area (Å²) in [6, 6.07) is 2.07. The molecule has 1 unspecified atom stereocenters. The monoisotopic (exact) mass is 270 g/mol. The number of halogens is 1. The lowest BCUT2D eigenvalue weighted by atomic mass is 10.1. The van der Waals surface area contributed by atoms with Crippen LogP contribution in [0.4, 0.5) is 5.82 Å². The van der Waals surface area contributed by atoms with Crippen LogP contribution in [0.1, 0.15) is 12.0 Å². The van der Waals surface area contributed by atoms with Gasteiger partial charge >= 0.3 is 0 Å². The molecule has 2 heterocycles. The van der Waals surface area contributed by atoms with Gasteiger partial charge in [-0.2, -0.15) is 0 Å². The molecule has 0 saturated carbocycles. The predicted octanol–water partition coefficient (Wildman–Crippen LogP) is 2.60. The fourth-order valence-electron chi connectivity index (χ4n) is 1.71. The molecule has 1 N–H and O–H groups in total. The fraction of sp³-hybridized carbons (Fsp3) is 0.545. The number of aromatic nitrogens is 1. The van der Waals surface area contributed by atoms with Crippen LogP contribution >= 0.6 is 15.9 Å². The minimum Gasteiger partial charge on any atom is -0.381 e. The topological polar surface area (TPSA) is 34.2 Å². The Hall–Kier alpha value is -0.610. The third kappa shape index (κ3) is 2.92.